The zero-order chi connectivity index (χ0) is 17.1. The van der Waals surface area contributed by atoms with Crippen LogP contribution in [0.5, 0.6) is 5.75 Å². The highest BCUT2D eigenvalue weighted by Crippen LogP contribution is 2.38. The van der Waals surface area contributed by atoms with E-state index in [9.17, 15) is 5.11 Å². The Bertz CT molecular complexity index is 486. The van der Waals surface area contributed by atoms with Gasteiger partial charge in [-0.3, -0.25) is 0 Å². The van der Waals surface area contributed by atoms with Crippen LogP contribution in [0.4, 0.5) is 0 Å². The maximum Gasteiger partial charge on any atom is 0.123 e. The number of benzene rings is 1. The minimum atomic E-state index is -0.482. The topological polar surface area (TPSA) is 29.5 Å². The highest BCUT2D eigenvalue weighted by atomic mass is 16.5. The first kappa shape index (κ1) is 19.0. The molecule has 0 heterocycles. The van der Waals surface area contributed by atoms with E-state index in [1.165, 1.54) is 11.1 Å². The molecule has 22 heavy (non-hydrogen) atoms. The van der Waals surface area contributed by atoms with Crippen LogP contribution in [0.25, 0.3) is 0 Å². The molecule has 1 aromatic rings. The summed E-state index contributed by atoms with van der Waals surface area (Å²) in [6.07, 6.45) is 1.45. The third-order valence-electron chi connectivity index (χ3n) is 5.25. The van der Waals surface area contributed by atoms with E-state index in [-0.39, 0.29) is 16.9 Å². The monoisotopic (exact) mass is 306 g/mol. The second-order valence-corrected chi connectivity index (χ2v) is 7.75. The predicted molar refractivity (Wildman–Crippen MR) is 94.8 cm³/mol. The fraction of sp³-hybridized carbons (Fsp3) is 0.700. The molecule has 1 aromatic carbocycles. The minimum Gasteiger partial charge on any atom is -0.488 e. The molecule has 0 amide bonds. The van der Waals surface area contributed by atoms with Gasteiger partial charge < -0.3 is 9.84 Å². The van der Waals surface area contributed by atoms with Crippen LogP contribution in [0, 0.1) is 0 Å². The number of hydrogen-bond donors (Lipinski definition) is 1. The van der Waals surface area contributed by atoms with E-state index >= 15 is 0 Å². The van der Waals surface area contributed by atoms with Crippen LogP contribution >= 0.6 is 0 Å². The zero-order valence-electron chi connectivity index (χ0n) is 15.7. The molecule has 0 aliphatic carbocycles. The van der Waals surface area contributed by atoms with Crippen molar-refractivity contribution in [2.45, 2.75) is 91.3 Å². The molecule has 0 bridgehead atoms. The summed E-state index contributed by atoms with van der Waals surface area (Å²) in [6.45, 7) is 17.2. The molecule has 126 valence electrons. The van der Waals surface area contributed by atoms with Crippen molar-refractivity contribution in [2.75, 3.05) is 0 Å². The number of hydrogen-bond acceptors (Lipinski definition) is 2. The summed E-state index contributed by atoms with van der Waals surface area (Å²) in [5.74, 6) is 0.899. The van der Waals surface area contributed by atoms with E-state index in [2.05, 4.69) is 59.7 Å². The molecule has 0 fully saturated rings. The van der Waals surface area contributed by atoms with Gasteiger partial charge in [-0.25, -0.2) is 0 Å². The number of aliphatic hydroxyl groups is 1. The average molecular weight is 306 g/mol. The normalized spacial score (nSPS) is 15.5. The molecule has 0 saturated carbocycles. The van der Waals surface area contributed by atoms with Crippen molar-refractivity contribution in [3.8, 4) is 5.75 Å². The first-order valence-electron chi connectivity index (χ1n) is 8.55. The van der Waals surface area contributed by atoms with Gasteiger partial charge in [-0.2, -0.15) is 0 Å². The van der Waals surface area contributed by atoms with Crippen molar-refractivity contribution in [1.82, 2.24) is 0 Å². The zero-order valence-corrected chi connectivity index (χ0v) is 15.7. The second-order valence-electron chi connectivity index (χ2n) is 7.75. The van der Waals surface area contributed by atoms with Crippen LogP contribution in [0.1, 0.15) is 79.4 Å². The smallest absolute Gasteiger partial charge is 0.123 e. The van der Waals surface area contributed by atoms with Crippen LogP contribution in [0.2, 0.25) is 0 Å². The van der Waals surface area contributed by atoms with E-state index in [0.717, 1.165) is 18.6 Å². The Hall–Kier alpha value is -1.02. The molecule has 0 aliphatic rings. The lowest BCUT2D eigenvalue weighted by Gasteiger charge is -2.31. The summed E-state index contributed by atoms with van der Waals surface area (Å²) in [5.41, 5.74) is 2.80. The van der Waals surface area contributed by atoms with Crippen LogP contribution in [-0.4, -0.2) is 17.3 Å². The molecule has 2 atom stereocenters. The Morgan fingerprint density at radius 1 is 1.00 bits per heavy atom. The van der Waals surface area contributed by atoms with Gasteiger partial charge in [0.15, 0.2) is 0 Å². The summed E-state index contributed by atoms with van der Waals surface area (Å²) in [5, 5.41) is 9.73. The molecule has 0 radical (unpaired) electrons. The van der Waals surface area contributed by atoms with E-state index in [4.69, 9.17) is 4.74 Å². The van der Waals surface area contributed by atoms with Crippen molar-refractivity contribution >= 4 is 0 Å². The van der Waals surface area contributed by atoms with Gasteiger partial charge in [0, 0.05) is 5.56 Å². The lowest BCUT2D eigenvalue weighted by Crippen LogP contribution is -2.28. The Morgan fingerprint density at radius 3 is 2.00 bits per heavy atom. The lowest BCUT2D eigenvalue weighted by molar-refractivity contribution is 0.0590. The number of ether oxygens (including phenoxy) is 1. The van der Waals surface area contributed by atoms with Crippen molar-refractivity contribution in [2.24, 2.45) is 0 Å². The SMILES string of the molecule is CCC(C)(C)c1ccc(OC(C)C(C)O)c(C(C)(C)CC)c1. The molecule has 1 rings (SSSR count). The van der Waals surface area contributed by atoms with Crippen molar-refractivity contribution in [3.05, 3.63) is 29.3 Å². The van der Waals surface area contributed by atoms with E-state index < -0.39 is 6.10 Å². The first-order valence-corrected chi connectivity index (χ1v) is 8.55. The molecular weight excluding hydrogens is 272 g/mol. The van der Waals surface area contributed by atoms with Gasteiger partial charge in [0.05, 0.1) is 6.10 Å². The molecule has 2 nitrogen and oxygen atoms in total. The molecule has 2 heteroatoms. The Labute approximate surface area is 136 Å². The molecule has 0 spiro atoms. The summed E-state index contributed by atoms with van der Waals surface area (Å²) in [7, 11) is 0. The summed E-state index contributed by atoms with van der Waals surface area (Å²) < 4.78 is 6.05. The number of rotatable bonds is 7. The second kappa shape index (κ2) is 7.04. The quantitative estimate of drug-likeness (QED) is 0.749. The minimum absolute atomic E-state index is 0.0492. The third kappa shape index (κ3) is 4.25. The Morgan fingerprint density at radius 2 is 1.55 bits per heavy atom. The summed E-state index contributed by atoms with van der Waals surface area (Å²) in [4.78, 5) is 0. The highest BCUT2D eigenvalue weighted by Gasteiger charge is 2.27. The first-order chi connectivity index (χ1) is 10.0. The van der Waals surface area contributed by atoms with Gasteiger partial charge in [0.25, 0.3) is 0 Å². The Balaban J connectivity index is 3.34. The predicted octanol–water partition coefficient (Wildman–Crippen LogP) is 5.21. The fourth-order valence-electron chi connectivity index (χ4n) is 2.28. The van der Waals surface area contributed by atoms with Crippen LogP contribution < -0.4 is 4.74 Å². The van der Waals surface area contributed by atoms with Gasteiger partial charge in [0.1, 0.15) is 11.9 Å². The van der Waals surface area contributed by atoms with Crippen molar-refractivity contribution in [1.29, 1.82) is 0 Å². The largest absolute Gasteiger partial charge is 0.488 e. The molecule has 0 saturated heterocycles. The van der Waals surface area contributed by atoms with Gasteiger partial charge in [-0.05, 0) is 49.1 Å². The molecule has 0 aromatic heterocycles. The standard InChI is InChI=1S/C20H34O2/c1-9-19(5,6)16-11-12-18(22-15(4)14(3)21)17(13-16)20(7,8)10-2/h11-15,21H,9-10H2,1-8H3. The maximum atomic E-state index is 9.73. The number of aliphatic hydroxyl groups excluding tert-OH is 1. The molecular formula is C20H34O2. The van der Waals surface area contributed by atoms with Crippen LogP contribution in [-0.2, 0) is 10.8 Å². The molecule has 1 N–H and O–H groups in total. The van der Waals surface area contributed by atoms with Gasteiger partial charge >= 0.3 is 0 Å². The average Bonchev–Trinajstić information content (AvgIpc) is 2.47. The van der Waals surface area contributed by atoms with Crippen LogP contribution in [0.3, 0.4) is 0 Å². The van der Waals surface area contributed by atoms with Gasteiger partial charge in [-0.1, -0.05) is 53.7 Å². The molecule has 2 unspecified atom stereocenters. The maximum absolute atomic E-state index is 9.73. The third-order valence-corrected chi connectivity index (χ3v) is 5.25. The summed E-state index contributed by atoms with van der Waals surface area (Å²) >= 11 is 0. The van der Waals surface area contributed by atoms with E-state index in [1.54, 1.807) is 6.92 Å². The highest BCUT2D eigenvalue weighted by molar-refractivity contribution is 5.44. The Kier molecular flexibility index (Phi) is 6.09. The fourth-order valence-corrected chi connectivity index (χ4v) is 2.28. The van der Waals surface area contributed by atoms with E-state index in [0.29, 0.717) is 0 Å². The van der Waals surface area contributed by atoms with Gasteiger partial charge in [0.2, 0.25) is 0 Å². The summed E-state index contributed by atoms with van der Waals surface area (Å²) in [6, 6.07) is 6.55. The lowest BCUT2D eigenvalue weighted by atomic mass is 9.76. The van der Waals surface area contributed by atoms with Crippen molar-refractivity contribution < 1.29 is 9.84 Å². The van der Waals surface area contributed by atoms with Gasteiger partial charge in [-0.15, -0.1) is 0 Å². The van der Waals surface area contributed by atoms with Crippen LogP contribution in [0.15, 0.2) is 18.2 Å². The van der Waals surface area contributed by atoms with Crippen molar-refractivity contribution in [3.63, 3.8) is 0 Å². The molecule has 0 aliphatic heterocycles. The van der Waals surface area contributed by atoms with E-state index in [1.807, 2.05) is 6.92 Å².